The predicted octanol–water partition coefficient (Wildman–Crippen LogP) is 4.28. The van der Waals surface area contributed by atoms with Crippen LogP contribution in [0.2, 0.25) is 0 Å². The zero-order chi connectivity index (χ0) is 23.0. The van der Waals surface area contributed by atoms with E-state index in [-0.39, 0.29) is 5.78 Å². The van der Waals surface area contributed by atoms with Gasteiger partial charge >= 0.3 is 0 Å². The Bertz CT molecular complexity index is 1180. The van der Waals surface area contributed by atoms with Crippen LogP contribution in [0.15, 0.2) is 42.6 Å². The average Bonchev–Trinajstić information content (AvgIpc) is 3.51. The van der Waals surface area contributed by atoms with Crippen molar-refractivity contribution < 1.29 is 4.79 Å². The molecule has 0 aliphatic carbocycles. The van der Waals surface area contributed by atoms with Gasteiger partial charge in [-0.05, 0) is 34.9 Å². The molecule has 33 heavy (non-hydrogen) atoms. The van der Waals surface area contributed by atoms with Gasteiger partial charge in [0.2, 0.25) is 11.6 Å². The summed E-state index contributed by atoms with van der Waals surface area (Å²) in [7, 11) is 0. The zero-order valence-electron chi connectivity index (χ0n) is 19.0. The van der Waals surface area contributed by atoms with Crippen LogP contribution >= 0.6 is 0 Å². The predicted molar refractivity (Wildman–Crippen MR) is 124 cm³/mol. The summed E-state index contributed by atoms with van der Waals surface area (Å²) >= 11 is 0. The van der Waals surface area contributed by atoms with Gasteiger partial charge in [-0.1, -0.05) is 57.0 Å². The topological polar surface area (TPSA) is 115 Å². The van der Waals surface area contributed by atoms with Crippen LogP contribution < -0.4 is 0 Å². The van der Waals surface area contributed by atoms with Gasteiger partial charge in [0.15, 0.2) is 5.82 Å². The Hall–Kier alpha value is -3.75. The molecule has 0 unspecified atom stereocenters. The lowest BCUT2D eigenvalue weighted by molar-refractivity contribution is 0.0971. The Balaban J connectivity index is 1.56. The second kappa shape index (κ2) is 10.7. The molecule has 4 rings (SSSR count). The lowest BCUT2D eigenvalue weighted by atomic mass is 10.0. The highest BCUT2D eigenvalue weighted by Gasteiger charge is 2.17. The van der Waals surface area contributed by atoms with Gasteiger partial charge in [-0.3, -0.25) is 9.78 Å². The van der Waals surface area contributed by atoms with Gasteiger partial charge in [-0.25, -0.2) is 14.8 Å². The molecular formula is C24H28N8O. The van der Waals surface area contributed by atoms with Crippen molar-refractivity contribution >= 4 is 5.78 Å². The monoisotopic (exact) mass is 444 g/mol. The highest BCUT2D eigenvalue weighted by molar-refractivity contribution is 5.92. The number of aromatic nitrogens is 8. The van der Waals surface area contributed by atoms with E-state index in [2.05, 4.69) is 42.6 Å². The van der Waals surface area contributed by atoms with Crippen LogP contribution in [0, 0.1) is 0 Å². The number of benzene rings is 1. The number of carbonyl (C=O) groups is 1. The number of hydrogen-bond donors (Lipinski definition) is 1. The van der Waals surface area contributed by atoms with Crippen LogP contribution in [0.25, 0.3) is 22.6 Å². The number of tetrazole rings is 1. The van der Waals surface area contributed by atoms with Crippen LogP contribution in [0.3, 0.4) is 0 Å². The molecule has 0 saturated carbocycles. The molecule has 0 amide bonds. The number of pyridine rings is 1. The van der Waals surface area contributed by atoms with Crippen molar-refractivity contribution in [2.75, 3.05) is 0 Å². The number of nitrogens with zero attached hydrogens (tertiary/aromatic N) is 7. The van der Waals surface area contributed by atoms with Gasteiger partial charge in [0, 0.05) is 36.7 Å². The van der Waals surface area contributed by atoms with Crippen LogP contribution in [0.4, 0.5) is 0 Å². The summed E-state index contributed by atoms with van der Waals surface area (Å²) in [5, 5.41) is 18.7. The molecule has 0 spiro atoms. The number of carbonyl (C=O) groups excluding carboxylic acids is 1. The first-order chi connectivity index (χ1) is 16.2. The molecule has 9 nitrogen and oxygen atoms in total. The number of hydrogen-bond acceptors (Lipinski definition) is 7. The molecule has 3 heterocycles. The quantitative estimate of drug-likeness (QED) is 0.271. The van der Waals surface area contributed by atoms with Crippen LogP contribution in [-0.4, -0.2) is 46.2 Å². The van der Waals surface area contributed by atoms with Crippen molar-refractivity contribution in [1.82, 2.24) is 40.4 Å². The van der Waals surface area contributed by atoms with Crippen LogP contribution in [-0.2, 0) is 13.0 Å². The van der Waals surface area contributed by atoms with E-state index >= 15 is 0 Å². The highest BCUT2D eigenvalue weighted by atomic mass is 16.1. The molecule has 4 aromatic rings. The number of aromatic amines is 1. The minimum atomic E-state index is -0.0000211. The Morgan fingerprint density at radius 3 is 2.58 bits per heavy atom. The Kier molecular flexibility index (Phi) is 7.29. The summed E-state index contributed by atoms with van der Waals surface area (Å²) in [5.74, 6) is 1.72. The first-order valence-electron chi connectivity index (χ1n) is 11.4. The number of H-pyrrole nitrogens is 1. The molecular weight excluding hydrogens is 416 g/mol. The van der Waals surface area contributed by atoms with Gasteiger partial charge in [-0.2, -0.15) is 0 Å². The smallest absolute Gasteiger partial charge is 0.217 e. The Labute approximate surface area is 192 Å². The summed E-state index contributed by atoms with van der Waals surface area (Å²) in [6.07, 6.45) is 6.93. The van der Waals surface area contributed by atoms with E-state index in [1.807, 2.05) is 54.2 Å². The van der Waals surface area contributed by atoms with Crippen molar-refractivity contribution in [3.8, 4) is 22.6 Å². The summed E-state index contributed by atoms with van der Waals surface area (Å²) in [6, 6.07) is 11.9. The fourth-order valence-electron chi connectivity index (χ4n) is 3.71. The maximum absolute atomic E-state index is 12.4. The maximum atomic E-state index is 12.4. The highest BCUT2D eigenvalue weighted by Crippen LogP contribution is 2.28. The van der Waals surface area contributed by atoms with Crippen LogP contribution in [0.1, 0.15) is 68.0 Å². The van der Waals surface area contributed by atoms with Gasteiger partial charge in [-0.15, -0.1) is 10.2 Å². The molecule has 0 aliphatic heterocycles. The number of aryl methyl sites for hydroxylation is 1. The van der Waals surface area contributed by atoms with Gasteiger partial charge in [0.1, 0.15) is 5.82 Å². The normalized spacial score (nSPS) is 11.1. The minimum absolute atomic E-state index is 0.0000211. The van der Waals surface area contributed by atoms with Crippen molar-refractivity contribution in [2.24, 2.45) is 0 Å². The van der Waals surface area contributed by atoms with Crippen molar-refractivity contribution in [2.45, 2.75) is 58.9 Å². The summed E-state index contributed by atoms with van der Waals surface area (Å²) in [4.78, 5) is 21.6. The van der Waals surface area contributed by atoms with E-state index in [9.17, 15) is 4.79 Å². The van der Waals surface area contributed by atoms with E-state index in [0.29, 0.717) is 24.5 Å². The van der Waals surface area contributed by atoms with E-state index in [4.69, 9.17) is 0 Å². The van der Waals surface area contributed by atoms with E-state index in [1.54, 1.807) is 0 Å². The standard InChI is InChI=1S/C24H28N8O/c1-3-5-8-14-32-22(26-24(29-32)21(33)9-4-2)15-17-12-13-20(25-16-17)18-10-6-7-11-19(18)23-27-30-31-28-23/h6-7,10-13,16H,3-5,8-9,14-15H2,1-2H3,(H,27,28,30,31). The number of rotatable bonds is 11. The van der Waals surface area contributed by atoms with E-state index in [0.717, 1.165) is 60.4 Å². The number of nitrogens with one attached hydrogen (secondary N) is 1. The third kappa shape index (κ3) is 5.36. The fourth-order valence-corrected chi connectivity index (χ4v) is 3.71. The zero-order valence-corrected chi connectivity index (χ0v) is 19.0. The molecule has 170 valence electrons. The second-order valence-corrected chi connectivity index (χ2v) is 7.98. The molecule has 9 heteroatoms. The van der Waals surface area contributed by atoms with Crippen LogP contribution in [0.5, 0.6) is 0 Å². The summed E-state index contributed by atoms with van der Waals surface area (Å²) < 4.78 is 1.89. The number of ketones is 1. The molecule has 0 radical (unpaired) electrons. The molecule has 1 N–H and O–H groups in total. The SMILES string of the molecule is CCCCCn1nc(C(=O)CCC)nc1Cc1ccc(-c2ccccc2-c2nnn[nH]2)nc1. The van der Waals surface area contributed by atoms with Gasteiger partial charge in [0.05, 0.1) is 5.69 Å². The molecule has 1 aromatic carbocycles. The number of unbranched alkanes of at least 4 members (excludes halogenated alkanes) is 2. The second-order valence-electron chi connectivity index (χ2n) is 7.98. The van der Waals surface area contributed by atoms with Gasteiger partial charge in [0.25, 0.3) is 0 Å². The third-order valence-corrected chi connectivity index (χ3v) is 5.44. The molecule has 0 fully saturated rings. The molecule has 0 bridgehead atoms. The van der Waals surface area contributed by atoms with Crippen molar-refractivity contribution in [3.63, 3.8) is 0 Å². The van der Waals surface area contributed by atoms with Crippen molar-refractivity contribution in [3.05, 3.63) is 59.8 Å². The lowest BCUT2D eigenvalue weighted by Crippen LogP contribution is -2.07. The Morgan fingerprint density at radius 2 is 1.88 bits per heavy atom. The third-order valence-electron chi connectivity index (χ3n) is 5.44. The molecule has 0 aliphatic rings. The van der Waals surface area contributed by atoms with E-state index in [1.165, 1.54) is 0 Å². The summed E-state index contributed by atoms with van der Waals surface area (Å²) in [5.41, 5.74) is 3.67. The molecule has 3 aromatic heterocycles. The fraction of sp³-hybridized carbons (Fsp3) is 0.375. The van der Waals surface area contributed by atoms with Crippen molar-refractivity contribution in [1.29, 1.82) is 0 Å². The largest absolute Gasteiger partial charge is 0.291 e. The summed E-state index contributed by atoms with van der Waals surface area (Å²) in [6.45, 7) is 4.92. The first kappa shape index (κ1) is 22.4. The molecule has 0 atom stereocenters. The number of Topliss-reactive ketones (excluding diaryl/α,β-unsaturated/α-hetero) is 1. The van der Waals surface area contributed by atoms with Gasteiger partial charge < -0.3 is 0 Å². The van der Waals surface area contributed by atoms with E-state index < -0.39 is 0 Å². The lowest BCUT2D eigenvalue weighted by Gasteiger charge is -2.08. The maximum Gasteiger partial charge on any atom is 0.217 e. The molecule has 0 saturated heterocycles. The average molecular weight is 445 g/mol. The minimum Gasteiger partial charge on any atom is -0.291 e. The first-order valence-corrected chi connectivity index (χ1v) is 11.4. The Morgan fingerprint density at radius 1 is 1.03 bits per heavy atom.